The first-order valence-electron chi connectivity index (χ1n) is 14.7. The molecule has 3 aromatic heterocycles. The second-order valence-electron chi connectivity index (χ2n) is 12.1. The smallest absolute Gasteiger partial charge is 0.268 e. The van der Waals surface area contributed by atoms with Gasteiger partial charge in [0.05, 0.1) is 39.6 Å². The van der Waals surface area contributed by atoms with Crippen molar-refractivity contribution in [2.45, 2.75) is 66.1 Å². The van der Waals surface area contributed by atoms with Crippen LogP contribution in [0.15, 0.2) is 52.6 Å². The van der Waals surface area contributed by atoms with Crippen molar-refractivity contribution in [1.29, 1.82) is 5.26 Å². The molecule has 4 aromatic rings. The second-order valence-corrected chi connectivity index (χ2v) is 13.2. The molecule has 1 saturated heterocycles. The van der Waals surface area contributed by atoms with Crippen LogP contribution in [0.25, 0.3) is 21.7 Å². The lowest BCUT2D eigenvalue weighted by molar-refractivity contribution is -0.127. The van der Waals surface area contributed by atoms with Crippen molar-refractivity contribution in [2.24, 2.45) is 5.41 Å². The van der Waals surface area contributed by atoms with Gasteiger partial charge < -0.3 is 19.2 Å². The van der Waals surface area contributed by atoms with E-state index in [-0.39, 0.29) is 35.4 Å². The van der Waals surface area contributed by atoms with E-state index in [4.69, 9.17) is 9.40 Å². The third-order valence-corrected chi connectivity index (χ3v) is 8.42. The van der Waals surface area contributed by atoms with Gasteiger partial charge in [-0.05, 0) is 48.1 Å². The number of alkyl halides is 2. The van der Waals surface area contributed by atoms with E-state index in [2.05, 4.69) is 21.7 Å². The highest BCUT2D eigenvalue weighted by atomic mass is 32.1. The summed E-state index contributed by atoms with van der Waals surface area (Å²) in [7, 11) is 0. The monoisotopic (exact) mass is 635 g/mol. The van der Waals surface area contributed by atoms with E-state index >= 15 is 0 Å². The molecule has 0 radical (unpaired) electrons. The summed E-state index contributed by atoms with van der Waals surface area (Å²) in [6.45, 7) is 8.21. The molecule has 45 heavy (non-hydrogen) atoms. The number of halogens is 2. The highest BCUT2D eigenvalue weighted by Gasteiger charge is 2.33. The maximum atomic E-state index is 13.5. The summed E-state index contributed by atoms with van der Waals surface area (Å²) in [5, 5.41) is 15.4. The predicted octanol–water partition coefficient (Wildman–Crippen LogP) is 6.16. The summed E-state index contributed by atoms with van der Waals surface area (Å²) < 4.78 is 32.8. The summed E-state index contributed by atoms with van der Waals surface area (Å²) in [4.78, 5) is 38.7. The Bertz CT molecular complexity index is 1780. The zero-order valence-electron chi connectivity index (χ0n) is 25.6. The molecule has 0 unspecified atom stereocenters. The van der Waals surface area contributed by atoms with E-state index in [9.17, 15) is 23.6 Å². The summed E-state index contributed by atoms with van der Waals surface area (Å²) >= 11 is 1.26. The van der Waals surface area contributed by atoms with Crippen LogP contribution in [0.5, 0.6) is 0 Å². The van der Waals surface area contributed by atoms with Gasteiger partial charge in [0.1, 0.15) is 11.6 Å². The lowest BCUT2D eigenvalue weighted by Gasteiger charge is -2.26. The molecule has 0 spiro atoms. The fraction of sp³-hybridized carbons (Fsp3) is 0.406. The number of hydrogen-bond acceptors (Lipinski definition) is 8. The number of nitriles is 1. The van der Waals surface area contributed by atoms with Crippen LogP contribution in [0.3, 0.4) is 0 Å². The first-order chi connectivity index (χ1) is 21.4. The van der Waals surface area contributed by atoms with E-state index in [1.807, 2.05) is 37.5 Å². The first-order valence-corrected chi connectivity index (χ1v) is 15.5. The maximum absolute atomic E-state index is 13.5. The number of nitrogens with one attached hydrogen (secondary N) is 2. The lowest BCUT2D eigenvalue weighted by Crippen LogP contribution is -2.39. The Hall–Kier alpha value is -4.41. The SMILES string of the molecule is Cc1ncc(-c2ccc(C(=O)Nc3nc4cc(CNCC(F)F)ccc4n3C[C@H]3CCCN3C(=O)/C(C#N)=C/C(C)(C)C)s2)o1. The zero-order valence-corrected chi connectivity index (χ0v) is 26.4. The Morgan fingerprint density at radius 2 is 2.07 bits per heavy atom. The Morgan fingerprint density at radius 1 is 1.27 bits per heavy atom. The number of carbonyl (C=O) groups is 2. The molecule has 1 aliphatic rings. The summed E-state index contributed by atoms with van der Waals surface area (Å²) in [5.41, 5.74) is 1.82. The largest absolute Gasteiger partial charge is 0.440 e. The van der Waals surface area contributed by atoms with Crippen molar-refractivity contribution in [1.82, 2.24) is 24.8 Å². The molecule has 1 fully saturated rings. The Balaban J connectivity index is 1.45. The minimum absolute atomic E-state index is 0.106. The van der Waals surface area contributed by atoms with Crippen molar-refractivity contribution in [3.05, 3.63) is 64.5 Å². The Kier molecular flexibility index (Phi) is 9.45. The van der Waals surface area contributed by atoms with Gasteiger partial charge in [0.2, 0.25) is 5.95 Å². The van der Waals surface area contributed by atoms with Crippen molar-refractivity contribution in [3.8, 4) is 16.7 Å². The molecule has 5 rings (SSSR count). The molecular weight excluding hydrogens is 600 g/mol. The van der Waals surface area contributed by atoms with Gasteiger partial charge >= 0.3 is 0 Å². The van der Waals surface area contributed by atoms with Gasteiger partial charge in [-0.15, -0.1) is 11.3 Å². The highest BCUT2D eigenvalue weighted by molar-refractivity contribution is 7.17. The number of hydrogen-bond donors (Lipinski definition) is 2. The van der Waals surface area contributed by atoms with Crippen LogP contribution in [0.4, 0.5) is 14.7 Å². The summed E-state index contributed by atoms with van der Waals surface area (Å²) in [6.07, 6.45) is 2.34. The first kappa shape index (κ1) is 32.0. The quantitative estimate of drug-likeness (QED) is 0.158. The molecule has 1 aromatic carbocycles. The van der Waals surface area contributed by atoms with Crippen LogP contribution < -0.4 is 10.6 Å². The van der Waals surface area contributed by atoms with Gasteiger partial charge in [-0.3, -0.25) is 14.9 Å². The molecule has 2 N–H and O–H groups in total. The number of thiophene rings is 1. The zero-order chi connectivity index (χ0) is 32.3. The Morgan fingerprint density at radius 3 is 2.76 bits per heavy atom. The number of imidazole rings is 1. The molecule has 0 bridgehead atoms. The number of rotatable bonds is 10. The van der Waals surface area contributed by atoms with Crippen molar-refractivity contribution in [3.63, 3.8) is 0 Å². The van der Waals surface area contributed by atoms with Gasteiger partial charge in [0.25, 0.3) is 18.2 Å². The number of oxazole rings is 1. The van der Waals surface area contributed by atoms with Gasteiger partial charge in [-0.2, -0.15) is 5.26 Å². The van der Waals surface area contributed by atoms with E-state index in [1.165, 1.54) is 11.3 Å². The van der Waals surface area contributed by atoms with Gasteiger partial charge in [-0.1, -0.05) is 32.9 Å². The average Bonchev–Trinajstić information content (AvgIpc) is 3.78. The fourth-order valence-electron chi connectivity index (χ4n) is 5.36. The lowest BCUT2D eigenvalue weighted by atomic mass is 9.93. The van der Waals surface area contributed by atoms with E-state index in [0.717, 1.165) is 22.4 Å². The topological polar surface area (TPSA) is 129 Å². The number of benzene rings is 1. The molecule has 236 valence electrons. The van der Waals surface area contributed by atoms with Crippen LogP contribution >= 0.6 is 11.3 Å². The van der Waals surface area contributed by atoms with Crippen LogP contribution in [0.2, 0.25) is 0 Å². The standard InChI is InChI=1S/C32H35F2N7O3S/c1-19-37-16-25(44-19)26-9-10-27(45-26)29(42)39-31-38-23-12-20(15-36-17-28(33)34)7-8-24(23)41(31)18-22-6-5-11-40(22)30(43)21(14-35)13-32(2,3)4/h7-10,12-13,16,22,28,36H,5-6,11,15,17-18H2,1-4H3,(H,38,39,42)/b21-13+/t22-/m1/s1. The van der Waals surface area contributed by atoms with Crippen LogP contribution in [-0.4, -0.2) is 56.8 Å². The number of fused-ring (bicyclic) bond motifs is 1. The second kappa shape index (κ2) is 13.3. The van der Waals surface area contributed by atoms with E-state index in [0.29, 0.717) is 47.5 Å². The normalized spacial score (nSPS) is 15.6. The maximum Gasteiger partial charge on any atom is 0.268 e. The van der Waals surface area contributed by atoms with E-state index < -0.39 is 13.0 Å². The van der Waals surface area contributed by atoms with Crippen LogP contribution in [0.1, 0.15) is 54.7 Å². The minimum atomic E-state index is -2.46. The molecule has 1 atom stereocenters. The molecule has 10 nitrogen and oxygen atoms in total. The third-order valence-electron chi connectivity index (χ3n) is 7.32. The van der Waals surface area contributed by atoms with Gasteiger partial charge in [0.15, 0.2) is 11.7 Å². The van der Waals surface area contributed by atoms with Crippen LogP contribution in [-0.2, 0) is 17.9 Å². The summed E-state index contributed by atoms with van der Waals surface area (Å²) in [5.74, 6) is 0.712. The summed E-state index contributed by atoms with van der Waals surface area (Å²) in [6, 6.07) is 10.8. The number of aromatic nitrogens is 3. The van der Waals surface area contributed by atoms with Crippen molar-refractivity contribution in [2.75, 3.05) is 18.4 Å². The molecular formula is C32H35F2N7O3S. The van der Waals surface area contributed by atoms with E-state index in [1.54, 1.807) is 42.3 Å². The number of allylic oxidation sites excluding steroid dienone is 1. The number of anilines is 1. The minimum Gasteiger partial charge on any atom is -0.440 e. The Labute approximate surface area is 263 Å². The number of aryl methyl sites for hydroxylation is 1. The third kappa shape index (κ3) is 7.64. The molecule has 0 saturated carbocycles. The van der Waals surface area contributed by atoms with Crippen molar-refractivity contribution < 1.29 is 22.8 Å². The molecule has 2 amide bonds. The van der Waals surface area contributed by atoms with Gasteiger partial charge in [-0.25, -0.2) is 18.7 Å². The van der Waals surface area contributed by atoms with Gasteiger partial charge in [0, 0.05) is 26.6 Å². The number of carbonyl (C=O) groups excluding carboxylic acids is 2. The average molecular weight is 636 g/mol. The molecule has 0 aliphatic carbocycles. The number of nitrogens with zero attached hydrogens (tertiary/aromatic N) is 5. The molecule has 13 heteroatoms. The molecule has 1 aliphatic heterocycles. The number of likely N-dealkylation sites (tertiary alicyclic amines) is 1. The fourth-order valence-corrected chi connectivity index (χ4v) is 6.20. The van der Waals surface area contributed by atoms with Crippen molar-refractivity contribution >= 4 is 40.1 Å². The predicted molar refractivity (Wildman–Crippen MR) is 168 cm³/mol. The number of amides is 2. The molecule has 4 heterocycles. The van der Waals surface area contributed by atoms with Crippen LogP contribution in [0, 0.1) is 23.7 Å². The highest BCUT2D eigenvalue weighted by Crippen LogP contribution is 2.31.